The average Bonchev–Trinajstić information content (AvgIpc) is 3.22. The summed E-state index contributed by atoms with van der Waals surface area (Å²) in [7, 11) is -2.36. The molecule has 1 aromatic rings. The fraction of sp³-hybridized carbons (Fsp3) is 0.333. The first kappa shape index (κ1) is 12.2. The molecule has 1 fully saturated rings. The number of esters is 1. The molecule has 0 radical (unpaired) electrons. The van der Waals surface area contributed by atoms with Crippen molar-refractivity contribution in [2.24, 2.45) is 4.40 Å². The van der Waals surface area contributed by atoms with E-state index in [1.54, 1.807) is 6.07 Å². The van der Waals surface area contributed by atoms with Gasteiger partial charge in [-0.05, 0) is 31.0 Å². The zero-order chi connectivity index (χ0) is 13.6. The predicted molar refractivity (Wildman–Crippen MR) is 69.0 cm³/mol. The fourth-order valence-electron chi connectivity index (χ4n) is 2.06. The van der Waals surface area contributed by atoms with Gasteiger partial charge in [0.05, 0.1) is 18.4 Å². The molecular formula is C12H12N2O4S. The average molecular weight is 280 g/mol. The second kappa shape index (κ2) is 4.06. The van der Waals surface area contributed by atoms with E-state index in [1.165, 1.54) is 25.6 Å². The molecule has 19 heavy (non-hydrogen) atoms. The van der Waals surface area contributed by atoms with Crippen LogP contribution in [0, 0.1) is 0 Å². The summed E-state index contributed by atoms with van der Waals surface area (Å²) in [4.78, 5) is 13.5. The Morgan fingerprint density at radius 3 is 2.79 bits per heavy atom. The van der Waals surface area contributed by atoms with Gasteiger partial charge in [-0.25, -0.2) is 4.79 Å². The molecule has 1 heterocycles. The van der Waals surface area contributed by atoms with E-state index in [4.69, 9.17) is 0 Å². The van der Waals surface area contributed by atoms with E-state index in [0.29, 0.717) is 11.3 Å². The lowest BCUT2D eigenvalue weighted by atomic mass is 10.2. The van der Waals surface area contributed by atoms with Gasteiger partial charge in [-0.3, -0.25) is 0 Å². The van der Waals surface area contributed by atoms with Crippen LogP contribution in [0.5, 0.6) is 0 Å². The number of hydrogen-bond donors (Lipinski definition) is 0. The fourth-order valence-corrected chi connectivity index (χ4v) is 3.07. The molecule has 7 heteroatoms. The van der Waals surface area contributed by atoms with Crippen LogP contribution in [0.25, 0.3) is 0 Å². The van der Waals surface area contributed by atoms with Crippen LogP contribution in [0.2, 0.25) is 0 Å². The Bertz CT molecular complexity index is 677. The molecule has 2 aliphatic rings. The van der Waals surface area contributed by atoms with E-state index in [2.05, 4.69) is 9.13 Å². The Labute approximate surface area is 110 Å². The lowest BCUT2D eigenvalue weighted by Crippen LogP contribution is -2.29. The number of ether oxygens (including phenoxy) is 1. The van der Waals surface area contributed by atoms with Crippen molar-refractivity contribution in [1.82, 2.24) is 0 Å². The highest BCUT2D eigenvalue weighted by Gasteiger charge is 2.35. The van der Waals surface area contributed by atoms with Crippen molar-refractivity contribution in [1.29, 1.82) is 0 Å². The SMILES string of the molecule is COC(=O)c1ccc2c(c1)N(C1CC1)C=NS2(=O)=O. The molecule has 0 atom stereocenters. The third-order valence-corrected chi connectivity index (χ3v) is 4.46. The first-order chi connectivity index (χ1) is 9.03. The minimum Gasteiger partial charge on any atom is -0.465 e. The van der Waals surface area contributed by atoms with Gasteiger partial charge in [0.2, 0.25) is 0 Å². The molecule has 100 valence electrons. The number of fused-ring (bicyclic) bond motifs is 1. The second-order valence-electron chi connectivity index (χ2n) is 4.51. The van der Waals surface area contributed by atoms with E-state index in [-0.39, 0.29) is 10.9 Å². The molecule has 0 amide bonds. The number of anilines is 1. The van der Waals surface area contributed by atoms with Gasteiger partial charge < -0.3 is 9.64 Å². The normalized spacial score (nSPS) is 19.9. The van der Waals surface area contributed by atoms with Crippen LogP contribution in [0.3, 0.4) is 0 Å². The Morgan fingerprint density at radius 2 is 2.16 bits per heavy atom. The molecule has 0 spiro atoms. The molecule has 1 aromatic carbocycles. The molecule has 0 N–H and O–H groups in total. The maximum Gasteiger partial charge on any atom is 0.337 e. The highest BCUT2D eigenvalue weighted by Crippen LogP contribution is 2.37. The third kappa shape index (κ3) is 1.99. The first-order valence-electron chi connectivity index (χ1n) is 5.84. The van der Waals surface area contributed by atoms with E-state index < -0.39 is 16.0 Å². The van der Waals surface area contributed by atoms with E-state index >= 15 is 0 Å². The number of carbonyl (C=O) groups excluding carboxylic acids is 1. The number of methoxy groups -OCH3 is 1. The van der Waals surface area contributed by atoms with Crippen LogP contribution in [0.1, 0.15) is 23.2 Å². The second-order valence-corrected chi connectivity index (χ2v) is 6.11. The molecule has 0 bridgehead atoms. The topological polar surface area (TPSA) is 76.0 Å². The standard InChI is InChI=1S/C12H12N2O4S/c1-18-12(15)8-2-5-11-10(6-8)14(9-3-4-9)7-13-19(11,16)17/h2,5-7,9H,3-4H2,1H3. The molecule has 1 aliphatic carbocycles. The van der Waals surface area contributed by atoms with E-state index in [9.17, 15) is 13.2 Å². The van der Waals surface area contributed by atoms with E-state index in [0.717, 1.165) is 12.8 Å². The summed E-state index contributed by atoms with van der Waals surface area (Å²) in [6.07, 6.45) is 3.32. The summed E-state index contributed by atoms with van der Waals surface area (Å²) < 4.78 is 32.0. The lowest BCUT2D eigenvalue weighted by molar-refractivity contribution is 0.0600. The molecule has 0 saturated heterocycles. The monoisotopic (exact) mass is 280 g/mol. The van der Waals surface area contributed by atoms with Gasteiger partial charge >= 0.3 is 5.97 Å². The molecule has 1 saturated carbocycles. The van der Waals surface area contributed by atoms with Gasteiger partial charge in [-0.1, -0.05) is 0 Å². The maximum absolute atomic E-state index is 11.9. The van der Waals surface area contributed by atoms with Gasteiger partial charge in [0.1, 0.15) is 11.2 Å². The molecule has 3 rings (SSSR count). The summed E-state index contributed by atoms with van der Waals surface area (Å²) in [5, 5.41) is 0. The van der Waals surface area contributed by atoms with Crippen molar-refractivity contribution in [3.63, 3.8) is 0 Å². The van der Waals surface area contributed by atoms with Crippen LogP contribution in [-0.4, -0.2) is 33.9 Å². The summed E-state index contributed by atoms with van der Waals surface area (Å²) in [6.45, 7) is 0. The Balaban J connectivity index is 2.15. The van der Waals surface area contributed by atoms with Gasteiger partial charge in [-0.2, -0.15) is 8.42 Å². The van der Waals surface area contributed by atoms with Crippen LogP contribution in [-0.2, 0) is 14.8 Å². The molecule has 6 nitrogen and oxygen atoms in total. The van der Waals surface area contributed by atoms with Crippen molar-refractivity contribution in [3.05, 3.63) is 23.8 Å². The van der Waals surface area contributed by atoms with Crippen LogP contribution in [0.4, 0.5) is 5.69 Å². The van der Waals surface area contributed by atoms with Gasteiger partial charge in [0, 0.05) is 6.04 Å². The Morgan fingerprint density at radius 1 is 1.42 bits per heavy atom. The summed E-state index contributed by atoms with van der Waals surface area (Å²) in [5.74, 6) is -0.488. The van der Waals surface area contributed by atoms with Crippen molar-refractivity contribution < 1.29 is 17.9 Å². The number of benzene rings is 1. The summed E-state index contributed by atoms with van der Waals surface area (Å²) in [6, 6.07) is 4.66. The summed E-state index contributed by atoms with van der Waals surface area (Å²) in [5.41, 5.74) is 0.831. The van der Waals surface area contributed by atoms with Gasteiger partial charge in [0.25, 0.3) is 10.0 Å². The van der Waals surface area contributed by atoms with Crippen molar-refractivity contribution in [2.45, 2.75) is 23.8 Å². The van der Waals surface area contributed by atoms with Crippen molar-refractivity contribution in [2.75, 3.05) is 12.0 Å². The Kier molecular flexibility index (Phi) is 2.60. The number of carbonyl (C=O) groups is 1. The minimum absolute atomic E-state index is 0.134. The van der Waals surface area contributed by atoms with Crippen molar-refractivity contribution in [3.8, 4) is 0 Å². The quantitative estimate of drug-likeness (QED) is 0.760. The zero-order valence-corrected chi connectivity index (χ0v) is 11.1. The number of nitrogens with zero attached hydrogens (tertiary/aromatic N) is 2. The molecule has 0 aromatic heterocycles. The highest BCUT2D eigenvalue weighted by molar-refractivity contribution is 7.90. The smallest absolute Gasteiger partial charge is 0.337 e. The number of hydrogen-bond acceptors (Lipinski definition) is 5. The van der Waals surface area contributed by atoms with Gasteiger partial charge in [0.15, 0.2) is 0 Å². The summed E-state index contributed by atoms with van der Waals surface area (Å²) >= 11 is 0. The van der Waals surface area contributed by atoms with Crippen LogP contribution >= 0.6 is 0 Å². The lowest BCUT2D eigenvalue weighted by Gasteiger charge is -2.25. The third-order valence-electron chi connectivity index (χ3n) is 3.19. The molecular weight excluding hydrogens is 268 g/mol. The minimum atomic E-state index is -3.65. The maximum atomic E-state index is 11.9. The first-order valence-corrected chi connectivity index (χ1v) is 7.28. The van der Waals surface area contributed by atoms with E-state index in [1.807, 2.05) is 4.90 Å². The zero-order valence-electron chi connectivity index (χ0n) is 10.2. The number of rotatable bonds is 2. The predicted octanol–water partition coefficient (Wildman–Crippen LogP) is 1.17. The van der Waals surface area contributed by atoms with Crippen LogP contribution < -0.4 is 4.90 Å². The molecule has 0 unspecified atom stereocenters. The van der Waals surface area contributed by atoms with Gasteiger partial charge in [-0.15, -0.1) is 4.40 Å². The van der Waals surface area contributed by atoms with Crippen LogP contribution in [0.15, 0.2) is 27.5 Å². The number of sulfonamides is 1. The Hall–Kier alpha value is -1.89. The highest BCUT2D eigenvalue weighted by atomic mass is 32.2. The van der Waals surface area contributed by atoms with Crippen molar-refractivity contribution >= 4 is 28.0 Å². The molecule has 1 aliphatic heterocycles. The largest absolute Gasteiger partial charge is 0.465 e.